The summed E-state index contributed by atoms with van der Waals surface area (Å²) in [6.07, 6.45) is 0. The largest absolute Gasteiger partial charge is 0.649 e. The van der Waals surface area contributed by atoms with Gasteiger partial charge in [-0.1, -0.05) is 0 Å². The summed E-state index contributed by atoms with van der Waals surface area (Å²) in [5, 5.41) is 0. The van der Waals surface area contributed by atoms with E-state index in [1.165, 1.54) is 0 Å². The summed E-state index contributed by atoms with van der Waals surface area (Å²) < 4.78 is 33.2. The van der Waals surface area contributed by atoms with E-state index in [0.29, 0.717) is 0 Å². The number of hydrogen-bond acceptors (Lipinski definition) is 6. The zero-order valence-corrected chi connectivity index (χ0v) is 12.4. The maximum Gasteiger partial charge on any atom is 0.649 e. The first-order valence-electron chi connectivity index (χ1n) is 4.45. The van der Waals surface area contributed by atoms with E-state index in [9.17, 15) is 0 Å². The van der Waals surface area contributed by atoms with E-state index in [-0.39, 0.29) is 0 Å². The van der Waals surface area contributed by atoms with Crippen molar-refractivity contribution in [1.82, 2.24) is 0 Å². The summed E-state index contributed by atoms with van der Waals surface area (Å²) in [5.74, 6) is 0. The van der Waals surface area contributed by atoms with Crippen LogP contribution in [0, 0.1) is 0 Å². The fourth-order valence-corrected chi connectivity index (χ4v) is 18.3. The molecule has 0 amide bonds. The van der Waals surface area contributed by atoms with Crippen LogP contribution in [0.4, 0.5) is 0 Å². The third-order valence-electron chi connectivity index (χ3n) is 1.98. The van der Waals surface area contributed by atoms with Crippen LogP contribution in [0.25, 0.3) is 0 Å². The molecule has 0 aromatic rings. The SMILES string of the molecule is C[Si]1(C)O[Si]2(O1)O[Si]1(O[Si](C)(C)O1)O2. The van der Waals surface area contributed by atoms with E-state index in [2.05, 4.69) is 0 Å². The summed E-state index contributed by atoms with van der Waals surface area (Å²) in [5.41, 5.74) is 0. The predicted octanol–water partition coefficient (Wildman–Crippen LogP) is 0.402. The molecular weight excluding hydrogens is 256 g/mol. The Morgan fingerprint density at radius 1 is 0.500 bits per heavy atom. The van der Waals surface area contributed by atoms with E-state index >= 15 is 0 Å². The summed E-state index contributed by atoms with van der Waals surface area (Å²) >= 11 is 0. The van der Waals surface area contributed by atoms with Crippen LogP contribution < -0.4 is 0 Å². The van der Waals surface area contributed by atoms with Crippen molar-refractivity contribution in [3.05, 3.63) is 0 Å². The first kappa shape index (κ1) is 9.83. The van der Waals surface area contributed by atoms with E-state index < -0.39 is 35.2 Å². The minimum Gasteiger partial charge on any atom is -0.372 e. The van der Waals surface area contributed by atoms with Crippen molar-refractivity contribution in [2.45, 2.75) is 26.2 Å². The zero-order chi connectivity index (χ0) is 10.2. The first-order valence-corrected chi connectivity index (χ1v) is 13.3. The van der Waals surface area contributed by atoms with E-state index in [1.54, 1.807) is 0 Å². The summed E-state index contributed by atoms with van der Waals surface area (Å²) in [7, 11) is -9.21. The molecule has 10 heteroatoms. The van der Waals surface area contributed by atoms with Crippen LogP contribution in [0.3, 0.4) is 0 Å². The summed E-state index contributed by atoms with van der Waals surface area (Å²) in [4.78, 5) is 0. The highest BCUT2D eigenvalue weighted by atomic mass is 28.7. The Labute approximate surface area is 86.5 Å². The fraction of sp³-hybridized carbons (Fsp3) is 1.00. The fourth-order valence-electron chi connectivity index (χ4n) is 1.70. The molecule has 3 fully saturated rings. The van der Waals surface area contributed by atoms with Crippen molar-refractivity contribution in [2.24, 2.45) is 0 Å². The Hall–Kier alpha value is 0.628. The molecule has 3 saturated heterocycles. The molecule has 0 bridgehead atoms. The summed E-state index contributed by atoms with van der Waals surface area (Å²) in [6.45, 7) is 7.80. The van der Waals surface area contributed by atoms with Gasteiger partial charge in [0.05, 0.1) is 0 Å². The van der Waals surface area contributed by atoms with Gasteiger partial charge >= 0.3 is 35.2 Å². The van der Waals surface area contributed by atoms with Gasteiger partial charge in [0.2, 0.25) is 0 Å². The molecule has 0 aliphatic carbocycles. The summed E-state index contributed by atoms with van der Waals surface area (Å²) in [6, 6.07) is 0. The minimum absolute atomic E-state index is 1.91. The smallest absolute Gasteiger partial charge is 0.372 e. The number of hydrogen-bond donors (Lipinski definition) is 0. The number of rotatable bonds is 0. The Kier molecular flexibility index (Phi) is 1.63. The Morgan fingerprint density at radius 2 is 0.786 bits per heavy atom. The minimum atomic E-state index is -2.70. The highest BCUT2D eigenvalue weighted by Crippen LogP contribution is 2.49. The van der Waals surface area contributed by atoms with Crippen LogP contribution in [0.15, 0.2) is 0 Å². The lowest BCUT2D eigenvalue weighted by molar-refractivity contribution is -0.101. The lowest BCUT2D eigenvalue weighted by Crippen LogP contribution is -2.91. The van der Waals surface area contributed by atoms with Crippen molar-refractivity contribution in [2.75, 3.05) is 0 Å². The average molecular weight is 268 g/mol. The van der Waals surface area contributed by atoms with Crippen LogP contribution in [-0.2, 0) is 24.7 Å². The quantitative estimate of drug-likeness (QED) is 0.593. The molecule has 80 valence electrons. The lowest BCUT2D eigenvalue weighted by Gasteiger charge is -2.61. The van der Waals surface area contributed by atoms with Gasteiger partial charge in [0.25, 0.3) is 0 Å². The Balaban J connectivity index is 1.59. The van der Waals surface area contributed by atoms with Crippen molar-refractivity contribution < 1.29 is 24.7 Å². The molecular formula is C4H12O6Si4. The van der Waals surface area contributed by atoms with Gasteiger partial charge in [0.15, 0.2) is 0 Å². The van der Waals surface area contributed by atoms with Crippen LogP contribution >= 0.6 is 0 Å². The molecule has 0 atom stereocenters. The van der Waals surface area contributed by atoms with E-state index in [1.807, 2.05) is 26.2 Å². The molecule has 6 nitrogen and oxygen atoms in total. The average Bonchev–Trinajstić information content (AvgIpc) is 1.73. The van der Waals surface area contributed by atoms with E-state index in [4.69, 9.17) is 24.7 Å². The highest BCUT2D eigenvalue weighted by Gasteiger charge is 2.86. The molecule has 14 heavy (non-hydrogen) atoms. The molecule has 3 aliphatic rings. The van der Waals surface area contributed by atoms with Gasteiger partial charge in [-0.05, 0) is 26.2 Å². The molecule has 0 aromatic carbocycles. The zero-order valence-electron chi connectivity index (χ0n) is 8.45. The van der Waals surface area contributed by atoms with Crippen LogP contribution in [0.2, 0.25) is 26.2 Å². The molecule has 3 rings (SSSR count). The van der Waals surface area contributed by atoms with E-state index in [0.717, 1.165) is 0 Å². The standard InChI is InChI=1S/C4H12O6Si4/c1-11(2)5-13(6-11)9-14(10-13)7-12(3,4)8-14/h1-4H3. The third kappa shape index (κ3) is 1.27. The molecule has 0 aromatic heterocycles. The van der Waals surface area contributed by atoms with Crippen LogP contribution in [0.1, 0.15) is 0 Å². The maximum absolute atomic E-state index is 5.55. The van der Waals surface area contributed by atoms with Gasteiger partial charge in [0, 0.05) is 0 Å². The van der Waals surface area contributed by atoms with Gasteiger partial charge in [-0.2, -0.15) is 0 Å². The molecule has 0 radical (unpaired) electrons. The molecule has 2 spiro atoms. The second-order valence-corrected chi connectivity index (χ2v) is 16.9. The normalized spacial score (nSPS) is 38.6. The van der Waals surface area contributed by atoms with Gasteiger partial charge in [-0.15, -0.1) is 0 Å². The molecule has 3 aliphatic heterocycles. The maximum atomic E-state index is 5.55. The van der Waals surface area contributed by atoms with Crippen molar-refractivity contribution in [3.63, 3.8) is 0 Å². The Bertz CT molecular complexity index is 250. The topological polar surface area (TPSA) is 55.4 Å². The molecule has 0 saturated carbocycles. The van der Waals surface area contributed by atoms with Crippen molar-refractivity contribution in [1.29, 1.82) is 0 Å². The highest BCUT2D eigenvalue weighted by molar-refractivity contribution is 7.02. The third-order valence-corrected chi connectivity index (χ3v) is 17.8. The molecule has 0 unspecified atom stereocenters. The van der Waals surface area contributed by atoms with Gasteiger partial charge in [0.1, 0.15) is 0 Å². The lowest BCUT2D eigenvalue weighted by atomic mass is 11.9. The van der Waals surface area contributed by atoms with Gasteiger partial charge in [-0.25, -0.2) is 0 Å². The van der Waals surface area contributed by atoms with Crippen molar-refractivity contribution >= 4 is 35.2 Å². The molecule has 0 N–H and O–H groups in total. The second kappa shape index (κ2) is 2.32. The second-order valence-electron chi connectivity index (χ2n) is 4.41. The predicted molar refractivity (Wildman–Crippen MR) is 53.0 cm³/mol. The van der Waals surface area contributed by atoms with Crippen LogP contribution in [-0.4, -0.2) is 35.2 Å². The monoisotopic (exact) mass is 268 g/mol. The van der Waals surface area contributed by atoms with Crippen LogP contribution in [0.5, 0.6) is 0 Å². The van der Waals surface area contributed by atoms with Crippen molar-refractivity contribution in [3.8, 4) is 0 Å². The van der Waals surface area contributed by atoms with Gasteiger partial charge < -0.3 is 24.7 Å². The van der Waals surface area contributed by atoms with Gasteiger partial charge in [-0.3, -0.25) is 0 Å². The Morgan fingerprint density at radius 3 is 1.00 bits per heavy atom. The molecule has 3 heterocycles. The first-order chi connectivity index (χ1) is 6.24.